The summed E-state index contributed by atoms with van der Waals surface area (Å²) in [7, 11) is 0. The molecule has 1 N–H and O–H groups in total. The van der Waals surface area contributed by atoms with Crippen molar-refractivity contribution >= 4 is 35.1 Å². The Bertz CT molecular complexity index is 1240. The third-order valence-electron chi connectivity index (χ3n) is 5.32. The Labute approximate surface area is 191 Å². The average molecular weight is 464 g/mol. The van der Waals surface area contributed by atoms with Crippen molar-refractivity contribution in [1.82, 2.24) is 10.2 Å². The molecule has 2 aromatic rings. The van der Waals surface area contributed by atoms with Gasteiger partial charge in [0.2, 0.25) is 17.6 Å². The van der Waals surface area contributed by atoms with E-state index in [9.17, 15) is 28.0 Å². The summed E-state index contributed by atoms with van der Waals surface area (Å²) in [6, 6.07) is 6.51. The van der Waals surface area contributed by atoms with Crippen molar-refractivity contribution in [2.75, 3.05) is 0 Å². The predicted molar refractivity (Wildman–Crippen MR) is 111 cm³/mol. The van der Waals surface area contributed by atoms with Crippen LogP contribution in [0.1, 0.15) is 50.4 Å². The van der Waals surface area contributed by atoms with E-state index in [1.54, 1.807) is 0 Å². The highest BCUT2D eigenvalue weighted by Crippen LogP contribution is 2.32. The van der Waals surface area contributed by atoms with E-state index in [0.717, 1.165) is 17.0 Å². The first kappa shape index (κ1) is 18.4. The van der Waals surface area contributed by atoms with Gasteiger partial charge in [-0.3, -0.25) is 24.5 Å². The minimum Gasteiger partial charge on any atom is -0.322 e. The number of hydrogen-bond acceptors (Lipinski definition) is 4. The summed E-state index contributed by atoms with van der Waals surface area (Å²) in [5.41, 5.74) is 0.169. The lowest BCUT2D eigenvalue weighted by Crippen LogP contribution is -2.52. The maximum absolute atomic E-state index is 14.6. The van der Waals surface area contributed by atoms with E-state index in [-0.39, 0.29) is 22.7 Å². The fraction of sp³-hybridized carbons (Fsp3) is 0.304. The van der Waals surface area contributed by atoms with Gasteiger partial charge in [0, 0.05) is 38.3 Å². The first-order valence-electron chi connectivity index (χ1n) is 11.3. The predicted octanol–water partition coefficient (Wildman–Crippen LogP) is 3.39. The molecule has 32 heavy (non-hydrogen) atoms. The van der Waals surface area contributed by atoms with Gasteiger partial charge < -0.3 is 4.90 Å². The lowest BCUT2D eigenvalue weighted by molar-refractivity contribution is -0.144. The quantitative estimate of drug-likeness (QED) is 0.665. The van der Waals surface area contributed by atoms with Gasteiger partial charge in [-0.1, -0.05) is 35.9 Å². The molecule has 0 radical (unpaired) electrons. The van der Waals surface area contributed by atoms with E-state index in [0.29, 0.717) is 5.56 Å². The van der Waals surface area contributed by atoms with E-state index in [1.165, 1.54) is 30.3 Å². The Morgan fingerprint density at radius 2 is 1.97 bits per heavy atom. The summed E-state index contributed by atoms with van der Waals surface area (Å²) in [6.45, 7) is -0.207. The minimum atomic E-state index is -3.82. The molecule has 0 aliphatic carbocycles. The van der Waals surface area contributed by atoms with E-state index >= 15 is 0 Å². The summed E-state index contributed by atoms with van der Waals surface area (Å²) in [6.07, 6.45) is -4.05. The standard InChI is InChI=1S/C23H19ClF2N2O4/c24-16-5-3-15(4-6-16)23(25,26)19(29)9-2-13-1-7-17-14(11-13)12-28(22(17)32)18-8-10-20(30)27-21(18)31/h1,3-7,11,18H,2,8-10,12H2,(H,27,30,31)/t18-/m0/s1/i2D,10D,18D/t2?,10?,18-. The Hall–Kier alpha value is -3.13. The zero-order valence-electron chi connectivity index (χ0n) is 19.5. The van der Waals surface area contributed by atoms with Crippen LogP contribution >= 0.6 is 11.6 Å². The Morgan fingerprint density at radius 3 is 2.69 bits per heavy atom. The second-order valence-electron chi connectivity index (χ2n) is 7.39. The minimum absolute atomic E-state index is 0.150. The summed E-state index contributed by atoms with van der Waals surface area (Å²) >= 11 is 5.71. The van der Waals surface area contributed by atoms with Gasteiger partial charge in [-0.05, 0) is 42.1 Å². The van der Waals surface area contributed by atoms with E-state index in [4.69, 9.17) is 15.7 Å². The topological polar surface area (TPSA) is 83.6 Å². The van der Waals surface area contributed by atoms with Gasteiger partial charge >= 0.3 is 5.92 Å². The van der Waals surface area contributed by atoms with Gasteiger partial charge in [0.15, 0.2) is 0 Å². The summed E-state index contributed by atoms with van der Waals surface area (Å²) < 4.78 is 53.7. The van der Waals surface area contributed by atoms with Crippen LogP contribution in [-0.2, 0) is 33.2 Å². The number of aryl methyl sites for hydroxylation is 1. The molecule has 2 unspecified atom stereocenters. The van der Waals surface area contributed by atoms with Gasteiger partial charge in [-0.15, -0.1) is 0 Å². The molecule has 3 atom stereocenters. The SMILES string of the molecule is [2H]C1C[C@]([2H])(N2Cc3cc(C([2H])CC(=O)C(F)(F)c4ccc(Cl)cc4)ccc3C2=O)C(=O)NC1=O. The highest BCUT2D eigenvalue weighted by Gasteiger charge is 2.41. The van der Waals surface area contributed by atoms with Crippen LogP contribution in [0.4, 0.5) is 8.78 Å². The molecular weight excluding hydrogens is 442 g/mol. The summed E-state index contributed by atoms with van der Waals surface area (Å²) in [4.78, 5) is 50.1. The van der Waals surface area contributed by atoms with Crippen LogP contribution in [-0.4, -0.2) is 34.4 Å². The number of ketones is 1. The van der Waals surface area contributed by atoms with Crippen molar-refractivity contribution < 1.29 is 32.1 Å². The van der Waals surface area contributed by atoms with Crippen molar-refractivity contribution in [2.24, 2.45) is 0 Å². The van der Waals surface area contributed by atoms with Crippen molar-refractivity contribution in [3.05, 3.63) is 69.7 Å². The van der Waals surface area contributed by atoms with E-state index in [2.05, 4.69) is 0 Å². The molecule has 2 heterocycles. The summed E-state index contributed by atoms with van der Waals surface area (Å²) in [5, 5.41) is 2.17. The number of halogens is 3. The van der Waals surface area contributed by atoms with Crippen LogP contribution in [0.2, 0.25) is 5.02 Å². The highest BCUT2D eigenvalue weighted by molar-refractivity contribution is 6.30. The number of nitrogens with zero attached hydrogens (tertiary/aromatic N) is 1. The van der Waals surface area contributed by atoms with Gasteiger partial charge in [0.25, 0.3) is 5.91 Å². The molecule has 4 rings (SSSR count). The first-order valence-corrected chi connectivity index (χ1v) is 10.0. The second-order valence-corrected chi connectivity index (χ2v) is 7.83. The lowest BCUT2D eigenvalue weighted by Gasteiger charge is -2.29. The molecular formula is C23H19ClF2N2O4. The Kier molecular flexibility index (Phi) is 4.86. The molecule has 0 saturated carbocycles. The number of carbonyl (C=O) groups excluding carboxylic acids is 4. The molecule has 1 saturated heterocycles. The highest BCUT2D eigenvalue weighted by atomic mass is 35.5. The number of benzene rings is 2. The number of piperidine rings is 1. The average Bonchev–Trinajstić information content (AvgIpc) is 3.14. The molecule has 0 aromatic heterocycles. The van der Waals surface area contributed by atoms with Crippen LogP contribution in [0, 0.1) is 0 Å². The molecule has 3 amide bonds. The molecule has 9 heteroatoms. The van der Waals surface area contributed by atoms with Crippen LogP contribution in [0.25, 0.3) is 0 Å². The maximum Gasteiger partial charge on any atom is 0.330 e. The van der Waals surface area contributed by atoms with Crippen molar-refractivity contribution in [2.45, 2.75) is 44.1 Å². The van der Waals surface area contributed by atoms with Gasteiger partial charge in [0.1, 0.15) is 6.02 Å². The molecule has 0 bridgehead atoms. The Morgan fingerprint density at radius 1 is 1.25 bits per heavy atom. The van der Waals surface area contributed by atoms with Crippen molar-refractivity contribution in [3.63, 3.8) is 0 Å². The summed E-state index contributed by atoms with van der Waals surface area (Å²) in [5.74, 6) is -7.79. The fourth-order valence-electron chi connectivity index (χ4n) is 3.59. The number of alkyl halides is 2. The number of Topliss-reactive ketones (excluding diaryl/α,β-unsaturated/α-hetero) is 1. The van der Waals surface area contributed by atoms with Crippen LogP contribution in [0.5, 0.6) is 0 Å². The molecule has 166 valence electrons. The lowest BCUT2D eigenvalue weighted by atomic mass is 9.97. The Balaban J connectivity index is 1.52. The fourth-order valence-corrected chi connectivity index (χ4v) is 3.72. The number of fused-ring (bicyclic) bond motifs is 1. The maximum atomic E-state index is 14.6. The zero-order valence-corrected chi connectivity index (χ0v) is 17.3. The van der Waals surface area contributed by atoms with Crippen molar-refractivity contribution in [3.8, 4) is 0 Å². The van der Waals surface area contributed by atoms with Crippen LogP contribution < -0.4 is 5.32 Å². The molecule has 1 fully saturated rings. The molecule has 2 aromatic carbocycles. The zero-order chi connectivity index (χ0) is 25.7. The van der Waals surface area contributed by atoms with E-state index < -0.39 is 66.6 Å². The second kappa shape index (κ2) is 8.43. The normalized spacial score (nSPS) is 25.5. The number of carbonyl (C=O) groups is 4. The van der Waals surface area contributed by atoms with Crippen LogP contribution in [0.3, 0.4) is 0 Å². The number of amides is 3. The van der Waals surface area contributed by atoms with Crippen molar-refractivity contribution in [1.29, 1.82) is 0 Å². The monoisotopic (exact) mass is 463 g/mol. The number of rotatable bonds is 6. The molecule has 6 nitrogen and oxygen atoms in total. The molecule has 0 spiro atoms. The number of hydrogen-bond donors (Lipinski definition) is 1. The third kappa shape index (κ3) is 4.14. The smallest absolute Gasteiger partial charge is 0.322 e. The molecule has 2 aliphatic rings. The number of imide groups is 1. The van der Waals surface area contributed by atoms with Crippen LogP contribution in [0.15, 0.2) is 42.5 Å². The molecule has 2 aliphatic heterocycles. The van der Waals surface area contributed by atoms with E-state index in [1.807, 2.05) is 5.32 Å². The van der Waals surface area contributed by atoms with Gasteiger partial charge in [-0.2, -0.15) is 8.78 Å². The van der Waals surface area contributed by atoms with Gasteiger partial charge in [-0.25, -0.2) is 0 Å². The third-order valence-corrected chi connectivity index (χ3v) is 5.57. The first-order chi connectivity index (χ1) is 16.3. The largest absolute Gasteiger partial charge is 0.330 e. The van der Waals surface area contributed by atoms with Gasteiger partial charge in [0.05, 0.1) is 1.37 Å². The number of nitrogens with one attached hydrogen (secondary N) is 1.